The van der Waals surface area contributed by atoms with Crippen LogP contribution in [-0.2, 0) is 26.2 Å². The van der Waals surface area contributed by atoms with Crippen LogP contribution in [-0.4, -0.2) is 50.5 Å². The van der Waals surface area contributed by atoms with Gasteiger partial charge in [-0.15, -0.1) is 0 Å². The third kappa shape index (κ3) is 7.31. The zero-order chi connectivity index (χ0) is 24.8. The van der Waals surface area contributed by atoms with E-state index in [1.54, 1.807) is 32.0 Å². The van der Waals surface area contributed by atoms with E-state index >= 15 is 0 Å². The van der Waals surface area contributed by atoms with E-state index in [1.807, 2.05) is 0 Å². The van der Waals surface area contributed by atoms with Gasteiger partial charge in [-0.2, -0.15) is 0 Å². The van der Waals surface area contributed by atoms with Crippen LogP contribution in [0.3, 0.4) is 0 Å². The Morgan fingerprint density at radius 2 is 1.79 bits per heavy atom. The van der Waals surface area contributed by atoms with Crippen molar-refractivity contribution in [2.24, 2.45) is 0 Å². The standard InChI is InChI=1S/C22H26Cl2FN3O4S/c1-4-20(22(30)26-5-2)27(13-15-9-10-18(23)19(24)11-15)21(29)14-28(33(3,31)32)17-8-6-7-16(25)12-17/h6-12,20H,4-5,13-14H2,1-3H3,(H,26,30)/t20-/m1/s1. The van der Waals surface area contributed by atoms with Crippen LogP contribution in [0.1, 0.15) is 25.8 Å². The summed E-state index contributed by atoms with van der Waals surface area (Å²) in [5.74, 6) is -1.64. The maximum Gasteiger partial charge on any atom is 0.244 e. The molecule has 0 saturated heterocycles. The predicted molar refractivity (Wildman–Crippen MR) is 128 cm³/mol. The second kappa shape index (κ2) is 11.7. The molecule has 1 atom stereocenters. The predicted octanol–water partition coefficient (Wildman–Crippen LogP) is 3.84. The summed E-state index contributed by atoms with van der Waals surface area (Å²) in [5.41, 5.74) is 0.614. The zero-order valence-electron chi connectivity index (χ0n) is 18.5. The molecule has 7 nitrogen and oxygen atoms in total. The van der Waals surface area contributed by atoms with E-state index in [2.05, 4.69) is 5.32 Å². The third-order valence-electron chi connectivity index (χ3n) is 4.85. The summed E-state index contributed by atoms with van der Waals surface area (Å²) in [6.07, 6.45) is 1.22. The van der Waals surface area contributed by atoms with Gasteiger partial charge in [0.25, 0.3) is 0 Å². The highest BCUT2D eigenvalue weighted by molar-refractivity contribution is 7.92. The fourth-order valence-corrected chi connectivity index (χ4v) is 4.45. The molecule has 1 N–H and O–H groups in total. The van der Waals surface area contributed by atoms with Crippen molar-refractivity contribution in [3.63, 3.8) is 0 Å². The molecule has 0 bridgehead atoms. The molecule has 0 fully saturated rings. The molecule has 11 heteroatoms. The van der Waals surface area contributed by atoms with Gasteiger partial charge in [-0.3, -0.25) is 13.9 Å². The number of anilines is 1. The Hall–Kier alpha value is -2.36. The number of carbonyl (C=O) groups excluding carboxylic acids is 2. The number of benzene rings is 2. The number of hydrogen-bond donors (Lipinski definition) is 1. The van der Waals surface area contributed by atoms with Crippen molar-refractivity contribution in [3.8, 4) is 0 Å². The number of amides is 2. The molecule has 0 heterocycles. The number of carbonyl (C=O) groups is 2. The molecule has 0 saturated carbocycles. The quantitative estimate of drug-likeness (QED) is 0.518. The highest BCUT2D eigenvalue weighted by Gasteiger charge is 2.31. The largest absolute Gasteiger partial charge is 0.355 e. The van der Waals surface area contributed by atoms with Crippen molar-refractivity contribution in [2.45, 2.75) is 32.9 Å². The number of likely N-dealkylation sites (N-methyl/N-ethyl adjacent to an activating group) is 1. The van der Waals surface area contributed by atoms with Gasteiger partial charge in [0.15, 0.2) is 0 Å². The lowest BCUT2D eigenvalue weighted by molar-refractivity contribution is -0.140. The Morgan fingerprint density at radius 1 is 1.09 bits per heavy atom. The van der Waals surface area contributed by atoms with Crippen molar-refractivity contribution >= 4 is 50.7 Å². The molecule has 2 amide bonds. The molecule has 2 aromatic rings. The SMILES string of the molecule is CCNC(=O)[C@@H](CC)N(Cc1ccc(Cl)c(Cl)c1)C(=O)CN(c1cccc(F)c1)S(C)(=O)=O. The maximum absolute atomic E-state index is 13.8. The normalized spacial score (nSPS) is 12.2. The summed E-state index contributed by atoms with van der Waals surface area (Å²) in [4.78, 5) is 27.4. The van der Waals surface area contributed by atoms with Crippen molar-refractivity contribution in [2.75, 3.05) is 23.7 Å². The molecule has 0 aliphatic carbocycles. The minimum atomic E-state index is -3.93. The van der Waals surface area contributed by atoms with E-state index in [9.17, 15) is 22.4 Å². The molecule has 180 valence electrons. The number of halogens is 3. The highest BCUT2D eigenvalue weighted by Crippen LogP contribution is 2.25. The van der Waals surface area contributed by atoms with E-state index in [0.29, 0.717) is 17.1 Å². The van der Waals surface area contributed by atoms with Crippen molar-refractivity contribution < 1.29 is 22.4 Å². The van der Waals surface area contributed by atoms with Gasteiger partial charge >= 0.3 is 0 Å². The summed E-state index contributed by atoms with van der Waals surface area (Å²) in [7, 11) is -3.93. The van der Waals surface area contributed by atoms with Crippen LogP contribution in [0.5, 0.6) is 0 Å². The van der Waals surface area contributed by atoms with E-state index in [0.717, 1.165) is 16.6 Å². The third-order valence-corrected chi connectivity index (χ3v) is 6.73. The van der Waals surface area contributed by atoms with Crippen molar-refractivity contribution in [3.05, 3.63) is 63.9 Å². The number of sulfonamides is 1. The summed E-state index contributed by atoms with van der Waals surface area (Å²) in [5, 5.41) is 3.32. The van der Waals surface area contributed by atoms with Crippen molar-refractivity contribution in [1.29, 1.82) is 0 Å². The Balaban J connectivity index is 2.45. The number of rotatable bonds is 10. The van der Waals surface area contributed by atoms with E-state index in [-0.39, 0.29) is 29.6 Å². The average Bonchev–Trinajstić information content (AvgIpc) is 2.73. The Morgan fingerprint density at radius 3 is 2.33 bits per heavy atom. The molecule has 2 rings (SSSR count). The van der Waals surface area contributed by atoms with Gasteiger partial charge in [-0.1, -0.05) is 42.3 Å². The minimum absolute atomic E-state index is 0.00592. The van der Waals surface area contributed by atoms with Gasteiger partial charge in [0.1, 0.15) is 18.4 Å². The van der Waals surface area contributed by atoms with Gasteiger partial charge < -0.3 is 10.2 Å². The van der Waals surface area contributed by atoms with E-state index in [1.165, 1.54) is 23.1 Å². The van der Waals surface area contributed by atoms with Crippen LogP contribution in [0.15, 0.2) is 42.5 Å². The Labute approximate surface area is 203 Å². The minimum Gasteiger partial charge on any atom is -0.355 e. The first kappa shape index (κ1) is 26.9. The summed E-state index contributed by atoms with van der Waals surface area (Å²) in [6.45, 7) is 3.25. The smallest absolute Gasteiger partial charge is 0.244 e. The number of nitrogens with one attached hydrogen (secondary N) is 1. The topological polar surface area (TPSA) is 86.8 Å². The van der Waals surface area contributed by atoms with Crippen LogP contribution in [0.25, 0.3) is 0 Å². The summed E-state index contributed by atoms with van der Waals surface area (Å²) in [6, 6.07) is 8.90. The van der Waals surface area contributed by atoms with Crippen LogP contribution in [0, 0.1) is 5.82 Å². The average molecular weight is 518 g/mol. The molecule has 0 aromatic heterocycles. The van der Waals surface area contributed by atoms with Crippen LogP contribution < -0.4 is 9.62 Å². The van der Waals surface area contributed by atoms with Gasteiger partial charge in [-0.05, 0) is 49.2 Å². The van der Waals surface area contributed by atoms with Crippen molar-refractivity contribution in [1.82, 2.24) is 10.2 Å². The molecule has 0 spiro atoms. The first-order chi connectivity index (χ1) is 15.5. The van der Waals surface area contributed by atoms with Gasteiger partial charge in [-0.25, -0.2) is 12.8 Å². The zero-order valence-corrected chi connectivity index (χ0v) is 20.8. The summed E-state index contributed by atoms with van der Waals surface area (Å²) >= 11 is 12.1. The molecule has 0 radical (unpaired) electrons. The van der Waals surface area contributed by atoms with E-state index < -0.39 is 34.3 Å². The van der Waals surface area contributed by atoms with Crippen LogP contribution >= 0.6 is 23.2 Å². The van der Waals surface area contributed by atoms with Gasteiger partial charge in [0, 0.05) is 13.1 Å². The van der Waals surface area contributed by atoms with Crippen LogP contribution in [0.4, 0.5) is 10.1 Å². The molecular formula is C22H26Cl2FN3O4S. The number of hydrogen-bond acceptors (Lipinski definition) is 4. The molecule has 0 aliphatic rings. The van der Waals surface area contributed by atoms with Gasteiger partial charge in [0.2, 0.25) is 21.8 Å². The Bertz CT molecular complexity index is 1110. The number of nitrogens with zero attached hydrogens (tertiary/aromatic N) is 2. The summed E-state index contributed by atoms with van der Waals surface area (Å²) < 4.78 is 39.4. The fraction of sp³-hybridized carbons (Fsp3) is 0.364. The van der Waals surface area contributed by atoms with Gasteiger partial charge in [0.05, 0.1) is 22.0 Å². The Kier molecular flexibility index (Phi) is 9.51. The van der Waals surface area contributed by atoms with Crippen LogP contribution in [0.2, 0.25) is 10.0 Å². The molecule has 0 unspecified atom stereocenters. The first-order valence-corrected chi connectivity index (χ1v) is 12.8. The monoisotopic (exact) mass is 517 g/mol. The molecular weight excluding hydrogens is 492 g/mol. The lowest BCUT2D eigenvalue weighted by Gasteiger charge is -2.32. The molecule has 0 aliphatic heterocycles. The first-order valence-electron chi connectivity index (χ1n) is 10.2. The second-order valence-corrected chi connectivity index (χ2v) is 10.1. The second-order valence-electron chi connectivity index (χ2n) is 7.34. The fourth-order valence-electron chi connectivity index (χ4n) is 3.29. The highest BCUT2D eigenvalue weighted by atomic mass is 35.5. The molecule has 2 aromatic carbocycles. The van der Waals surface area contributed by atoms with E-state index in [4.69, 9.17) is 23.2 Å². The molecule has 33 heavy (non-hydrogen) atoms. The maximum atomic E-state index is 13.8. The lowest BCUT2D eigenvalue weighted by Crippen LogP contribution is -2.52. The lowest BCUT2D eigenvalue weighted by atomic mass is 10.1.